The topological polar surface area (TPSA) is 268 Å². The third-order valence-electron chi connectivity index (χ3n) is 7.95. The van der Waals surface area contributed by atoms with E-state index in [1.807, 2.05) is 0 Å². The van der Waals surface area contributed by atoms with Crippen LogP contribution < -0.4 is 37.6 Å². The number of carbonyl (C=O) groups is 4. The van der Waals surface area contributed by atoms with Gasteiger partial charge in [0.15, 0.2) is 0 Å². The first-order valence-corrected chi connectivity index (χ1v) is 16.1. The fourth-order valence-corrected chi connectivity index (χ4v) is 5.31. The lowest BCUT2D eigenvalue weighted by Crippen LogP contribution is -2.50. The molecule has 4 aromatic rings. The number of hydrogen-bond acceptors (Lipinski definition) is 13. The van der Waals surface area contributed by atoms with Crippen molar-refractivity contribution in [1.29, 1.82) is 0 Å². The number of benzene rings is 1. The molecule has 3 aromatic heterocycles. The van der Waals surface area contributed by atoms with Crippen LogP contribution in [0.2, 0.25) is 0 Å². The van der Waals surface area contributed by atoms with Crippen LogP contribution in [-0.2, 0) is 0 Å². The summed E-state index contributed by atoms with van der Waals surface area (Å²) < 4.78 is 15.0. The normalized spacial score (nSPS) is 11.0. The lowest BCUT2D eigenvalue weighted by Gasteiger charge is -2.36. The first-order valence-electron chi connectivity index (χ1n) is 16.1. The molecular formula is C35H36N4O13. The molecular weight excluding hydrogens is 684 g/mol. The molecule has 1 aromatic carbocycles. The summed E-state index contributed by atoms with van der Waals surface area (Å²) in [5.74, 6) is -7.20. The van der Waals surface area contributed by atoms with Crippen molar-refractivity contribution >= 4 is 23.6 Å². The second-order valence-corrected chi connectivity index (χ2v) is 11.6. The smallest absolute Gasteiger partial charge is 0.291 e. The fourth-order valence-electron chi connectivity index (χ4n) is 5.31. The van der Waals surface area contributed by atoms with E-state index in [0.29, 0.717) is 5.56 Å². The van der Waals surface area contributed by atoms with E-state index >= 15 is 0 Å². The molecule has 4 rings (SSSR count). The van der Waals surface area contributed by atoms with Crippen molar-refractivity contribution in [1.82, 2.24) is 21.3 Å². The Kier molecular flexibility index (Phi) is 13.1. The zero-order valence-electron chi connectivity index (χ0n) is 27.6. The van der Waals surface area contributed by atoms with Crippen LogP contribution in [0.3, 0.4) is 0 Å². The minimum Gasteiger partial charge on any atom is -0.501 e. The largest absolute Gasteiger partial charge is 0.501 e. The Bertz CT molecular complexity index is 1880. The van der Waals surface area contributed by atoms with Gasteiger partial charge in [-0.15, -0.1) is 0 Å². The van der Waals surface area contributed by atoms with Gasteiger partial charge in [0.25, 0.3) is 23.6 Å². The minimum atomic E-state index is -1.03. The number of rotatable bonds is 17. The van der Waals surface area contributed by atoms with Gasteiger partial charge in [-0.25, -0.2) is 0 Å². The third kappa shape index (κ3) is 9.96. The van der Waals surface area contributed by atoms with E-state index in [-0.39, 0.29) is 58.2 Å². The Morgan fingerprint density at radius 2 is 0.865 bits per heavy atom. The zero-order valence-corrected chi connectivity index (χ0v) is 27.6. The molecule has 0 radical (unpaired) electrons. The molecule has 4 amide bonds. The first kappa shape index (κ1) is 38.2. The van der Waals surface area contributed by atoms with Crippen LogP contribution in [0.5, 0.6) is 17.2 Å². The summed E-state index contributed by atoms with van der Waals surface area (Å²) in [5, 5.41) is 40.6. The quantitative estimate of drug-likeness (QED) is 0.0768. The summed E-state index contributed by atoms with van der Waals surface area (Å²) in [6.07, 6.45) is 4.38. The van der Waals surface area contributed by atoms with Crippen molar-refractivity contribution < 1.29 is 47.7 Å². The molecule has 0 saturated heterocycles. The van der Waals surface area contributed by atoms with Crippen LogP contribution >= 0.6 is 0 Å². The molecule has 0 saturated carbocycles. The number of nitrogens with one attached hydrogen (secondary N) is 4. The molecule has 0 spiro atoms. The highest BCUT2D eigenvalue weighted by atomic mass is 16.4. The van der Waals surface area contributed by atoms with E-state index in [9.17, 15) is 48.9 Å². The number of carbonyl (C=O) groups excluding carboxylic acids is 4. The maximum Gasteiger partial charge on any atom is 0.291 e. The van der Waals surface area contributed by atoms with Gasteiger partial charge in [-0.2, -0.15) is 0 Å². The average Bonchev–Trinajstić information content (AvgIpc) is 3.14. The van der Waals surface area contributed by atoms with Crippen LogP contribution in [0.25, 0.3) is 0 Å². The van der Waals surface area contributed by atoms with Crippen molar-refractivity contribution in [3.05, 3.63) is 121 Å². The molecule has 0 bridgehead atoms. The Balaban J connectivity index is 1.50. The van der Waals surface area contributed by atoms with Crippen molar-refractivity contribution in [2.45, 2.75) is 44.1 Å². The minimum absolute atomic E-state index is 0.0198. The lowest BCUT2D eigenvalue weighted by molar-refractivity contribution is 0.0852. The maximum absolute atomic E-state index is 13.5. The van der Waals surface area contributed by atoms with Crippen LogP contribution in [0, 0.1) is 0 Å². The van der Waals surface area contributed by atoms with Gasteiger partial charge in [-0.1, -0.05) is 18.2 Å². The van der Waals surface area contributed by atoms with Gasteiger partial charge in [-0.3, -0.25) is 33.6 Å². The molecule has 0 atom stereocenters. The van der Waals surface area contributed by atoms with E-state index in [1.165, 1.54) is 0 Å². The summed E-state index contributed by atoms with van der Waals surface area (Å²) >= 11 is 0. The van der Waals surface area contributed by atoms with Crippen LogP contribution in [-0.4, -0.2) is 64.1 Å². The van der Waals surface area contributed by atoms with Crippen molar-refractivity contribution in [2.75, 3.05) is 19.6 Å². The maximum atomic E-state index is 13.5. The first-order chi connectivity index (χ1) is 24.9. The Hall–Kier alpha value is -6.65. The molecule has 274 valence electrons. The van der Waals surface area contributed by atoms with Gasteiger partial charge < -0.3 is 49.8 Å². The van der Waals surface area contributed by atoms with Gasteiger partial charge >= 0.3 is 0 Å². The molecule has 0 unspecified atom stereocenters. The number of amides is 4. The molecule has 0 fully saturated rings. The van der Waals surface area contributed by atoms with E-state index in [0.717, 1.165) is 37.0 Å². The Labute approximate surface area is 294 Å². The van der Waals surface area contributed by atoms with Gasteiger partial charge in [-0.05, 0) is 50.7 Å². The predicted molar refractivity (Wildman–Crippen MR) is 181 cm³/mol. The third-order valence-corrected chi connectivity index (χ3v) is 7.95. The Morgan fingerprint density at radius 1 is 0.519 bits per heavy atom. The molecule has 17 heteroatoms. The average molecular weight is 721 g/mol. The van der Waals surface area contributed by atoms with Gasteiger partial charge in [0.1, 0.15) is 0 Å². The van der Waals surface area contributed by atoms with E-state index in [1.54, 1.807) is 30.3 Å². The summed E-state index contributed by atoms with van der Waals surface area (Å²) in [7, 11) is 0. The predicted octanol–water partition coefficient (Wildman–Crippen LogP) is 1.76. The molecule has 52 heavy (non-hydrogen) atoms. The standard InChI is InChI=1S/C35H36N4O13/c40-22-9-18-50-28(25(22)43)32(47)36-15-4-12-35(39-31(46)21-7-2-1-3-8-21,13-5-16-37-33(48)29-26(44)23(41)10-19-51-29)14-6-17-38-34(49)30-27(45)24(42)11-20-52-30/h1-3,7-11,18-20,43-45H,4-6,12-17H2,(H,36,47)(H,37,48)(H,38,49)(H,39,46). The summed E-state index contributed by atoms with van der Waals surface area (Å²) in [5.41, 5.74) is -3.08. The van der Waals surface area contributed by atoms with E-state index < -0.39 is 80.0 Å². The number of aromatic hydroxyl groups is 3. The van der Waals surface area contributed by atoms with Gasteiger partial charge in [0, 0.05) is 48.9 Å². The monoisotopic (exact) mass is 720 g/mol. The van der Waals surface area contributed by atoms with Gasteiger partial charge in [0.2, 0.25) is 50.8 Å². The highest BCUT2D eigenvalue weighted by molar-refractivity contribution is 5.95. The summed E-state index contributed by atoms with van der Waals surface area (Å²) in [6.45, 7) is 0.0593. The highest BCUT2D eigenvalue weighted by Crippen LogP contribution is 2.27. The fraction of sp³-hybridized carbons (Fsp3) is 0.286. The molecule has 0 aliphatic heterocycles. The molecule has 17 nitrogen and oxygen atoms in total. The van der Waals surface area contributed by atoms with Gasteiger partial charge in [0.05, 0.1) is 18.8 Å². The Morgan fingerprint density at radius 3 is 1.21 bits per heavy atom. The van der Waals surface area contributed by atoms with Crippen LogP contribution in [0.1, 0.15) is 80.5 Å². The highest BCUT2D eigenvalue weighted by Gasteiger charge is 2.32. The molecule has 0 aliphatic rings. The van der Waals surface area contributed by atoms with Crippen LogP contribution in [0.4, 0.5) is 0 Å². The summed E-state index contributed by atoms with van der Waals surface area (Å²) in [4.78, 5) is 86.6. The van der Waals surface area contributed by atoms with E-state index in [2.05, 4.69) is 21.3 Å². The SMILES string of the molecule is O=C(NC(CCCNC(=O)c1occc(=O)c1O)(CCCNC(=O)c1occc(=O)c1O)CCCNC(=O)c1occc(=O)c1O)c1ccccc1. The van der Waals surface area contributed by atoms with E-state index in [4.69, 9.17) is 13.3 Å². The van der Waals surface area contributed by atoms with Crippen molar-refractivity contribution in [3.63, 3.8) is 0 Å². The molecule has 3 heterocycles. The zero-order chi connectivity index (χ0) is 37.7. The second-order valence-electron chi connectivity index (χ2n) is 11.6. The van der Waals surface area contributed by atoms with Crippen molar-refractivity contribution in [3.8, 4) is 17.2 Å². The molecule has 0 aliphatic carbocycles. The second kappa shape index (κ2) is 17.8. The molecule has 7 N–H and O–H groups in total. The van der Waals surface area contributed by atoms with Crippen LogP contribution in [0.15, 0.2) is 95.0 Å². The lowest BCUT2D eigenvalue weighted by atomic mass is 9.83. The number of hydrogen-bond donors (Lipinski definition) is 7. The summed E-state index contributed by atoms with van der Waals surface area (Å²) in [6, 6.07) is 11.2. The van der Waals surface area contributed by atoms with Crippen molar-refractivity contribution in [2.24, 2.45) is 0 Å².